The monoisotopic (exact) mass is 465 g/mol. The Hall–Kier alpha value is -3.68. The molecule has 0 bridgehead atoms. The number of rotatable bonds is 5. The van der Waals surface area contributed by atoms with Crippen molar-refractivity contribution in [3.63, 3.8) is 0 Å². The number of hydrogen-bond donors (Lipinski definition) is 4. The Bertz CT molecular complexity index is 1060. The average molecular weight is 466 g/mol. The van der Waals surface area contributed by atoms with Gasteiger partial charge in [0.1, 0.15) is 0 Å². The van der Waals surface area contributed by atoms with E-state index in [4.69, 9.17) is 0 Å². The first-order valence-electron chi connectivity index (χ1n) is 11.4. The molecule has 180 valence electrons. The van der Waals surface area contributed by atoms with E-state index in [1.54, 1.807) is 24.3 Å². The second-order valence-electron chi connectivity index (χ2n) is 9.64. The third-order valence-electron chi connectivity index (χ3n) is 6.14. The maximum Gasteiger partial charge on any atom is 0.307 e. The van der Waals surface area contributed by atoms with Crippen molar-refractivity contribution < 1.29 is 24.3 Å². The molecule has 0 aromatic heterocycles. The second kappa shape index (κ2) is 10.5. The van der Waals surface area contributed by atoms with Crippen LogP contribution in [0, 0.1) is 11.8 Å². The van der Waals surface area contributed by atoms with Gasteiger partial charge in [-0.25, -0.2) is 0 Å². The molecule has 4 N–H and O–H groups in total. The van der Waals surface area contributed by atoms with Gasteiger partial charge in [-0.15, -0.1) is 0 Å². The number of anilines is 1. The normalized spacial score (nSPS) is 18.0. The van der Waals surface area contributed by atoms with Gasteiger partial charge in [0.25, 0.3) is 11.8 Å². The molecule has 0 aliphatic heterocycles. The van der Waals surface area contributed by atoms with Crippen LogP contribution in [0.1, 0.15) is 72.7 Å². The van der Waals surface area contributed by atoms with Crippen LogP contribution in [0.25, 0.3) is 0 Å². The summed E-state index contributed by atoms with van der Waals surface area (Å²) in [7, 11) is 0. The summed E-state index contributed by atoms with van der Waals surface area (Å²) in [5.74, 6) is -3.69. The van der Waals surface area contributed by atoms with Crippen LogP contribution in [0.3, 0.4) is 0 Å². The zero-order valence-corrected chi connectivity index (χ0v) is 19.7. The fourth-order valence-electron chi connectivity index (χ4n) is 4.05. The maximum atomic E-state index is 12.5. The summed E-state index contributed by atoms with van der Waals surface area (Å²) in [4.78, 5) is 48.7. The van der Waals surface area contributed by atoms with Crippen LogP contribution in [0.2, 0.25) is 0 Å². The molecule has 1 aliphatic carbocycles. The highest BCUT2D eigenvalue weighted by Gasteiger charge is 2.35. The van der Waals surface area contributed by atoms with Crippen molar-refractivity contribution in [2.24, 2.45) is 11.8 Å². The molecule has 2 aromatic carbocycles. The Labute approximate surface area is 199 Å². The number of amides is 3. The van der Waals surface area contributed by atoms with Crippen molar-refractivity contribution in [2.75, 3.05) is 5.32 Å². The van der Waals surface area contributed by atoms with Gasteiger partial charge in [-0.05, 0) is 60.2 Å². The van der Waals surface area contributed by atoms with Gasteiger partial charge >= 0.3 is 5.97 Å². The largest absolute Gasteiger partial charge is 0.481 e. The SMILES string of the molecule is CC(C)(C)c1ccc(C(=O)Nc2ccc(C(=O)NNC(=O)[C@H]3CCCC[C@@H]3C(=O)O)cc2)cc1. The molecule has 0 saturated heterocycles. The van der Waals surface area contributed by atoms with Gasteiger partial charge in [-0.3, -0.25) is 30.0 Å². The van der Waals surface area contributed by atoms with Crippen molar-refractivity contribution in [1.29, 1.82) is 0 Å². The predicted octanol–water partition coefficient (Wildman–Crippen LogP) is 3.89. The number of benzene rings is 2. The maximum absolute atomic E-state index is 12.5. The molecule has 1 saturated carbocycles. The molecule has 0 spiro atoms. The summed E-state index contributed by atoms with van der Waals surface area (Å²) in [6, 6.07) is 13.7. The standard InChI is InChI=1S/C26H31N3O5/c1-26(2,3)18-12-8-16(9-13-18)22(30)27-19-14-10-17(11-15-19)23(31)28-29-24(32)20-6-4-5-7-21(20)25(33)34/h8-15,20-21H,4-7H2,1-3H3,(H,27,30)(H,28,31)(H,29,32)(H,33,34)/t20-,21-/m0/s1. The summed E-state index contributed by atoms with van der Waals surface area (Å²) in [6.45, 7) is 6.32. The van der Waals surface area contributed by atoms with E-state index in [9.17, 15) is 24.3 Å². The number of nitrogens with one attached hydrogen (secondary N) is 3. The van der Waals surface area contributed by atoms with E-state index >= 15 is 0 Å². The van der Waals surface area contributed by atoms with Crippen molar-refractivity contribution in [3.8, 4) is 0 Å². The Morgan fingerprint density at radius 1 is 0.765 bits per heavy atom. The van der Waals surface area contributed by atoms with Crippen LogP contribution in [0.15, 0.2) is 48.5 Å². The molecule has 34 heavy (non-hydrogen) atoms. The predicted molar refractivity (Wildman–Crippen MR) is 128 cm³/mol. The molecule has 2 aromatic rings. The first kappa shape index (κ1) is 25.0. The minimum Gasteiger partial charge on any atom is -0.481 e. The first-order chi connectivity index (χ1) is 16.1. The van der Waals surface area contributed by atoms with Crippen molar-refractivity contribution >= 4 is 29.4 Å². The number of hydrogen-bond acceptors (Lipinski definition) is 4. The minimum absolute atomic E-state index is 0.000744. The second-order valence-corrected chi connectivity index (χ2v) is 9.64. The highest BCUT2D eigenvalue weighted by molar-refractivity contribution is 6.04. The van der Waals surface area contributed by atoms with Crippen molar-refractivity contribution in [1.82, 2.24) is 10.9 Å². The van der Waals surface area contributed by atoms with Gasteiger partial charge in [0, 0.05) is 16.8 Å². The fourth-order valence-corrected chi connectivity index (χ4v) is 4.05. The third-order valence-corrected chi connectivity index (χ3v) is 6.14. The van der Waals surface area contributed by atoms with E-state index in [2.05, 4.69) is 36.9 Å². The van der Waals surface area contributed by atoms with Crippen LogP contribution in [0.4, 0.5) is 5.69 Å². The highest BCUT2D eigenvalue weighted by atomic mass is 16.4. The average Bonchev–Trinajstić information content (AvgIpc) is 2.82. The van der Waals surface area contributed by atoms with Crippen molar-refractivity contribution in [2.45, 2.75) is 51.9 Å². The van der Waals surface area contributed by atoms with Crippen LogP contribution in [0.5, 0.6) is 0 Å². The lowest BCUT2D eigenvalue weighted by Gasteiger charge is -2.27. The summed E-state index contributed by atoms with van der Waals surface area (Å²) >= 11 is 0. The Morgan fingerprint density at radius 2 is 1.29 bits per heavy atom. The van der Waals surface area contributed by atoms with Crippen LogP contribution < -0.4 is 16.2 Å². The molecule has 1 aliphatic rings. The van der Waals surface area contributed by atoms with Gasteiger partial charge in [-0.1, -0.05) is 45.7 Å². The summed E-state index contributed by atoms with van der Waals surface area (Å²) in [6.07, 6.45) is 2.49. The van der Waals surface area contributed by atoms with Crippen LogP contribution >= 0.6 is 0 Å². The third kappa shape index (κ3) is 6.21. The van der Waals surface area contributed by atoms with E-state index in [0.29, 0.717) is 24.1 Å². The van der Waals surface area contributed by atoms with E-state index in [-0.39, 0.29) is 16.9 Å². The first-order valence-corrected chi connectivity index (χ1v) is 11.4. The molecule has 3 rings (SSSR count). The fraction of sp³-hybridized carbons (Fsp3) is 0.385. The Morgan fingerprint density at radius 3 is 1.85 bits per heavy atom. The smallest absolute Gasteiger partial charge is 0.307 e. The molecular weight excluding hydrogens is 434 g/mol. The Kier molecular flexibility index (Phi) is 7.71. The van der Waals surface area contributed by atoms with E-state index in [1.807, 2.05) is 12.1 Å². The van der Waals surface area contributed by atoms with Crippen molar-refractivity contribution in [3.05, 3.63) is 65.2 Å². The van der Waals surface area contributed by atoms with Gasteiger partial charge in [-0.2, -0.15) is 0 Å². The molecule has 0 radical (unpaired) electrons. The summed E-state index contributed by atoms with van der Waals surface area (Å²) in [5, 5.41) is 12.1. The van der Waals surface area contributed by atoms with Gasteiger partial charge < -0.3 is 10.4 Å². The lowest BCUT2D eigenvalue weighted by atomic mass is 9.79. The molecule has 8 heteroatoms. The van der Waals surface area contributed by atoms with Gasteiger partial charge in [0.15, 0.2) is 0 Å². The molecule has 2 atom stereocenters. The number of carbonyl (C=O) groups excluding carboxylic acids is 3. The molecular formula is C26H31N3O5. The number of carbonyl (C=O) groups is 4. The van der Waals surface area contributed by atoms with E-state index in [0.717, 1.165) is 18.4 Å². The highest BCUT2D eigenvalue weighted by Crippen LogP contribution is 2.30. The lowest BCUT2D eigenvalue weighted by Crippen LogP contribution is -2.47. The lowest BCUT2D eigenvalue weighted by molar-refractivity contribution is -0.149. The van der Waals surface area contributed by atoms with Crippen LogP contribution in [-0.2, 0) is 15.0 Å². The van der Waals surface area contributed by atoms with E-state index in [1.165, 1.54) is 12.1 Å². The van der Waals surface area contributed by atoms with E-state index < -0.39 is 29.6 Å². The van der Waals surface area contributed by atoms with Gasteiger partial charge in [0.2, 0.25) is 5.91 Å². The number of carboxylic acids is 1. The number of hydrazine groups is 1. The number of carboxylic acid groups (broad SMARTS) is 1. The molecule has 0 unspecified atom stereocenters. The molecule has 1 fully saturated rings. The quantitative estimate of drug-likeness (QED) is 0.499. The van der Waals surface area contributed by atoms with Gasteiger partial charge in [0.05, 0.1) is 11.8 Å². The number of aliphatic carboxylic acids is 1. The summed E-state index contributed by atoms with van der Waals surface area (Å²) < 4.78 is 0. The molecule has 0 heterocycles. The topological polar surface area (TPSA) is 125 Å². The molecule has 8 nitrogen and oxygen atoms in total. The molecule has 3 amide bonds. The summed E-state index contributed by atoms with van der Waals surface area (Å²) in [5.41, 5.74) is 7.16. The zero-order chi connectivity index (χ0) is 24.9. The van der Waals surface area contributed by atoms with Crippen LogP contribution in [-0.4, -0.2) is 28.8 Å². The minimum atomic E-state index is -0.992. The Balaban J connectivity index is 1.54. The zero-order valence-electron chi connectivity index (χ0n) is 19.7.